The van der Waals surface area contributed by atoms with Gasteiger partial charge in [-0.15, -0.1) is 6.58 Å². The van der Waals surface area contributed by atoms with E-state index in [2.05, 4.69) is 6.58 Å². The number of esters is 2. The van der Waals surface area contributed by atoms with E-state index < -0.39 is 30.4 Å². The normalized spacial score (nSPS) is 26.6. The van der Waals surface area contributed by atoms with Gasteiger partial charge in [0, 0.05) is 13.8 Å². The molecule has 0 fully saturated rings. The molecule has 0 aromatic carbocycles. The van der Waals surface area contributed by atoms with Crippen LogP contribution in [0.2, 0.25) is 0 Å². The van der Waals surface area contributed by atoms with Gasteiger partial charge in [-0.25, -0.2) is 0 Å². The van der Waals surface area contributed by atoms with E-state index in [1.807, 2.05) is 6.92 Å². The van der Waals surface area contributed by atoms with Crippen LogP contribution in [-0.2, 0) is 28.5 Å². The Kier molecular flexibility index (Phi) is 6.41. The van der Waals surface area contributed by atoms with E-state index in [0.29, 0.717) is 0 Å². The Morgan fingerprint density at radius 1 is 1.35 bits per heavy atom. The van der Waals surface area contributed by atoms with Crippen molar-refractivity contribution in [3.8, 4) is 0 Å². The summed E-state index contributed by atoms with van der Waals surface area (Å²) < 4.78 is 21.1. The average Bonchev–Trinajstić information content (AvgIpc) is 2.37. The second kappa shape index (κ2) is 7.81. The van der Waals surface area contributed by atoms with Gasteiger partial charge in [-0.1, -0.05) is 6.08 Å². The third kappa shape index (κ3) is 5.54. The minimum Gasteiger partial charge on any atom is -0.463 e. The van der Waals surface area contributed by atoms with Crippen molar-refractivity contribution in [3.63, 3.8) is 0 Å². The van der Waals surface area contributed by atoms with Crippen molar-refractivity contribution in [1.82, 2.24) is 0 Å². The van der Waals surface area contributed by atoms with Crippen LogP contribution in [0, 0.1) is 0 Å². The lowest BCUT2D eigenvalue weighted by molar-refractivity contribution is -0.202. The van der Waals surface area contributed by atoms with Crippen molar-refractivity contribution in [2.45, 2.75) is 45.4 Å². The second-order valence-electron chi connectivity index (χ2n) is 4.38. The van der Waals surface area contributed by atoms with Gasteiger partial charge < -0.3 is 18.9 Å². The highest BCUT2D eigenvalue weighted by Crippen LogP contribution is 2.19. The van der Waals surface area contributed by atoms with Gasteiger partial charge in [0.25, 0.3) is 0 Å². The van der Waals surface area contributed by atoms with Crippen molar-refractivity contribution >= 4 is 11.9 Å². The van der Waals surface area contributed by atoms with Gasteiger partial charge in [-0.2, -0.15) is 0 Å². The SMILES string of the molecule is C=C[C@@H](C)O[C@@H]1C=C[C@H](OC(C)=O)[C@@H](COC(C)=O)O1. The van der Waals surface area contributed by atoms with Crippen LogP contribution in [0.4, 0.5) is 0 Å². The van der Waals surface area contributed by atoms with Crippen molar-refractivity contribution in [3.05, 3.63) is 24.8 Å². The summed E-state index contributed by atoms with van der Waals surface area (Å²) >= 11 is 0. The molecule has 0 bridgehead atoms. The zero-order valence-electron chi connectivity index (χ0n) is 11.9. The molecule has 1 heterocycles. The number of hydrogen-bond donors (Lipinski definition) is 0. The highest BCUT2D eigenvalue weighted by atomic mass is 16.7. The van der Waals surface area contributed by atoms with Gasteiger partial charge in [0.15, 0.2) is 6.29 Å². The monoisotopic (exact) mass is 284 g/mol. The van der Waals surface area contributed by atoms with E-state index in [4.69, 9.17) is 18.9 Å². The maximum atomic E-state index is 11.0. The molecule has 20 heavy (non-hydrogen) atoms. The molecule has 1 aliphatic rings. The molecule has 0 radical (unpaired) electrons. The lowest BCUT2D eigenvalue weighted by Crippen LogP contribution is -2.42. The molecule has 1 rings (SSSR count). The molecule has 0 aromatic heterocycles. The minimum absolute atomic E-state index is 0.0139. The van der Waals surface area contributed by atoms with Crippen LogP contribution in [0.25, 0.3) is 0 Å². The molecule has 6 heteroatoms. The van der Waals surface area contributed by atoms with Gasteiger partial charge in [0.1, 0.15) is 18.8 Å². The maximum Gasteiger partial charge on any atom is 0.303 e. The summed E-state index contributed by atoms with van der Waals surface area (Å²) in [7, 11) is 0. The first kappa shape index (κ1) is 16.4. The molecule has 0 aliphatic carbocycles. The van der Waals surface area contributed by atoms with Crippen LogP contribution in [-0.4, -0.2) is 43.1 Å². The molecule has 4 atom stereocenters. The second-order valence-corrected chi connectivity index (χ2v) is 4.38. The van der Waals surface area contributed by atoms with Crippen molar-refractivity contribution in [1.29, 1.82) is 0 Å². The average molecular weight is 284 g/mol. The molecular formula is C14H20O6. The number of carbonyl (C=O) groups is 2. The van der Waals surface area contributed by atoms with Crippen LogP contribution in [0.3, 0.4) is 0 Å². The molecule has 0 N–H and O–H groups in total. The first-order valence-electron chi connectivity index (χ1n) is 6.34. The van der Waals surface area contributed by atoms with E-state index in [0.717, 1.165) is 0 Å². The Hall–Kier alpha value is -1.66. The predicted molar refractivity (Wildman–Crippen MR) is 70.7 cm³/mol. The third-order valence-electron chi connectivity index (χ3n) is 2.57. The highest BCUT2D eigenvalue weighted by molar-refractivity contribution is 5.66. The summed E-state index contributed by atoms with van der Waals surface area (Å²) in [6, 6.07) is 0. The Balaban J connectivity index is 2.68. The van der Waals surface area contributed by atoms with Gasteiger partial charge in [0.05, 0.1) is 6.10 Å². The van der Waals surface area contributed by atoms with Gasteiger partial charge in [0.2, 0.25) is 0 Å². The van der Waals surface area contributed by atoms with Crippen LogP contribution in [0.1, 0.15) is 20.8 Å². The summed E-state index contributed by atoms with van der Waals surface area (Å²) in [6.07, 6.45) is 2.95. The fraction of sp³-hybridized carbons (Fsp3) is 0.571. The smallest absolute Gasteiger partial charge is 0.303 e. The van der Waals surface area contributed by atoms with E-state index in [-0.39, 0.29) is 12.7 Å². The molecule has 6 nitrogen and oxygen atoms in total. The molecule has 0 saturated carbocycles. The van der Waals surface area contributed by atoms with Crippen LogP contribution < -0.4 is 0 Å². The molecule has 0 aromatic rings. The van der Waals surface area contributed by atoms with E-state index in [1.165, 1.54) is 13.8 Å². The van der Waals surface area contributed by atoms with Crippen molar-refractivity contribution in [2.75, 3.05) is 6.61 Å². The first-order valence-corrected chi connectivity index (χ1v) is 6.34. The Morgan fingerprint density at radius 3 is 2.60 bits per heavy atom. The number of carbonyl (C=O) groups excluding carboxylic acids is 2. The van der Waals surface area contributed by atoms with E-state index >= 15 is 0 Å². The van der Waals surface area contributed by atoms with Crippen molar-refractivity contribution in [2.24, 2.45) is 0 Å². The highest BCUT2D eigenvalue weighted by Gasteiger charge is 2.31. The molecule has 0 spiro atoms. The molecular weight excluding hydrogens is 264 g/mol. The molecule has 0 amide bonds. The zero-order chi connectivity index (χ0) is 15.1. The molecule has 0 saturated heterocycles. The van der Waals surface area contributed by atoms with Crippen molar-refractivity contribution < 1.29 is 28.5 Å². The van der Waals surface area contributed by atoms with Crippen LogP contribution in [0.5, 0.6) is 0 Å². The number of hydrogen-bond acceptors (Lipinski definition) is 6. The van der Waals surface area contributed by atoms with Gasteiger partial charge in [-0.05, 0) is 19.1 Å². The standard InChI is InChI=1S/C14H20O6/c1-5-9(2)18-14-7-6-12(19-11(4)16)13(20-14)8-17-10(3)15/h5-7,9,12-14H,1,8H2,2-4H3/t9-,12+,13-,14+/m1/s1. The molecule has 112 valence electrons. The summed E-state index contributed by atoms with van der Waals surface area (Å²) in [5.41, 5.74) is 0. The summed E-state index contributed by atoms with van der Waals surface area (Å²) in [4.78, 5) is 21.9. The minimum atomic E-state index is -0.606. The van der Waals surface area contributed by atoms with E-state index in [9.17, 15) is 9.59 Å². The number of rotatable bonds is 6. The lowest BCUT2D eigenvalue weighted by atomic mass is 10.1. The summed E-state index contributed by atoms with van der Waals surface area (Å²) in [5, 5.41) is 0. The van der Waals surface area contributed by atoms with Gasteiger partial charge in [-0.3, -0.25) is 9.59 Å². The third-order valence-corrected chi connectivity index (χ3v) is 2.57. The fourth-order valence-corrected chi connectivity index (χ4v) is 1.60. The Bertz CT molecular complexity index is 389. The van der Waals surface area contributed by atoms with Crippen LogP contribution in [0.15, 0.2) is 24.8 Å². The topological polar surface area (TPSA) is 71.1 Å². The predicted octanol–water partition coefficient (Wildman–Crippen LogP) is 1.35. The van der Waals surface area contributed by atoms with E-state index in [1.54, 1.807) is 18.2 Å². The fourth-order valence-electron chi connectivity index (χ4n) is 1.60. The Labute approximate surface area is 118 Å². The molecule has 0 unspecified atom stereocenters. The van der Waals surface area contributed by atoms with Gasteiger partial charge >= 0.3 is 11.9 Å². The van der Waals surface area contributed by atoms with Crippen LogP contribution >= 0.6 is 0 Å². The lowest BCUT2D eigenvalue weighted by Gasteiger charge is -2.32. The summed E-state index contributed by atoms with van der Waals surface area (Å²) in [5.74, 6) is -0.864. The zero-order valence-corrected chi connectivity index (χ0v) is 11.9. The quantitative estimate of drug-likeness (QED) is 0.541. The molecule has 1 aliphatic heterocycles. The first-order chi connectivity index (χ1) is 9.42. The maximum absolute atomic E-state index is 11.0. The number of ether oxygens (including phenoxy) is 4. The Morgan fingerprint density at radius 2 is 2.05 bits per heavy atom. The largest absolute Gasteiger partial charge is 0.463 e. The summed E-state index contributed by atoms with van der Waals surface area (Å²) in [6.45, 7) is 8.03.